The molecule has 0 aliphatic carbocycles. The number of hydrogen-bond donors (Lipinski definition) is 2. The van der Waals surface area contributed by atoms with Gasteiger partial charge >= 0.3 is 0 Å². The topological polar surface area (TPSA) is 69.6 Å². The van der Waals surface area contributed by atoms with Gasteiger partial charge in [-0.25, -0.2) is 13.1 Å². The summed E-state index contributed by atoms with van der Waals surface area (Å²) in [4.78, 5) is 1.58. The average molecular weight is 341 g/mol. The predicted octanol–water partition coefficient (Wildman–Crippen LogP) is 1.58. The van der Waals surface area contributed by atoms with Crippen LogP contribution in [0.2, 0.25) is 10.0 Å². The summed E-state index contributed by atoms with van der Waals surface area (Å²) in [5.41, 5.74) is -1.20. The van der Waals surface area contributed by atoms with E-state index >= 15 is 0 Å². The Morgan fingerprint density at radius 1 is 1.30 bits per heavy atom. The Bertz CT molecular complexity index is 554. The molecule has 8 heteroatoms. The molecule has 0 spiro atoms. The SMILES string of the molecule is CN(C)CC(C)(O)CNS(=O)(=O)c1c(Cl)cccc1Cl. The molecule has 114 valence electrons. The van der Waals surface area contributed by atoms with Crippen LogP contribution >= 0.6 is 23.2 Å². The lowest BCUT2D eigenvalue weighted by Gasteiger charge is -2.27. The van der Waals surface area contributed by atoms with Gasteiger partial charge in [-0.3, -0.25) is 0 Å². The van der Waals surface area contributed by atoms with Crippen LogP contribution in [0, 0.1) is 0 Å². The van der Waals surface area contributed by atoms with Gasteiger partial charge in [0.05, 0.1) is 15.6 Å². The largest absolute Gasteiger partial charge is 0.387 e. The Hall–Kier alpha value is -0.370. The highest BCUT2D eigenvalue weighted by atomic mass is 35.5. The van der Waals surface area contributed by atoms with Gasteiger partial charge in [-0.15, -0.1) is 0 Å². The molecule has 0 aliphatic heterocycles. The normalized spacial score (nSPS) is 15.3. The molecule has 1 rings (SSSR count). The summed E-state index contributed by atoms with van der Waals surface area (Å²) in [6.45, 7) is 1.71. The molecular formula is C12H18Cl2N2O3S. The molecule has 0 amide bonds. The summed E-state index contributed by atoms with van der Waals surface area (Å²) in [5.74, 6) is 0. The molecule has 0 radical (unpaired) electrons. The average Bonchev–Trinajstić information content (AvgIpc) is 2.24. The molecule has 1 atom stereocenters. The lowest BCUT2D eigenvalue weighted by Crippen LogP contribution is -2.47. The minimum atomic E-state index is -3.88. The zero-order valence-corrected chi connectivity index (χ0v) is 13.8. The third-order valence-electron chi connectivity index (χ3n) is 2.49. The standard InChI is InChI=1S/C12H18Cl2N2O3S/c1-12(17,8-16(2)3)7-15-20(18,19)11-9(13)5-4-6-10(11)14/h4-6,15,17H,7-8H2,1-3H3. The highest BCUT2D eigenvalue weighted by Gasteiger charge is 2.27. The molecule has 1 aromatic rings. The molecule has 0 heterocycles. The van der Waals surface area contributed by atoms with Gasteiger partial charge in [0.1, 0.15) is 4.90 Å². The minimum Gasteiger partial charge on any atom is -0.387 e. The third-order valence-corrected chi connectivity index (χ3v) is 4.84. The summed E-state index contributed by atoms with van der Waals surface area (Å²) in [7, 11) is -0.312. The number of nitrogens with one attached hydrogen (secondary N) is 1. The van der Waals surface area contributed by atoms with Crippen LogP contribution in [0.5, 0.6) is 0 Å². The van der Waals surface area contributed by atoms with E-state index in [1.807, 2.05) is 0 Å². The van der Waals surface area contributed by atoms with E-state index in [2.05, 4.69) is 4.72 Å². The molecular weight excluding hydrogens is 323 g/mol. The van der Waals surface area contributed by atoms with E-state index in [4.69, 9.17) is 23.2 Å². The molecule has 0 aliphatic rings. The third kappa shape index (κ3) is 4.87. The fourth-order valence-corrected chi connectivity index (χ4v) is 4.10. The second-order valence-corrected chi connectivity index (χ2v) is 7.63. The van der Waals surface area contributed by atoms with Crippen LogP contribution in [0.4, 0.5) is 0 Å². The monoisotopic (exact) mass is 340 g/mol. The Morgan fingerprint density at radius 3 is 2.25 bits per heavy atom. The maximum atomic E-state index is 12.2. The molecule has 0 saturated heterocycles. The number of sulfonamides is 1. The Morgan fingerprint density at radius 2 is 1.80 bits per heavy atom. The molecule has 0 saturated carbocycles. The van der Waals surface area contributed by atoms with Crippen LogP contribution in [-0.4, -0.2) is 51.2 Å². The molecule has 20 heavy (non-hydrogen) atoms. The number of nitrogens with zero attached hydrogens (tertiary/aromatic N) is 1. The highest BCUT2D eigenvalue weighted by Crippen LogP contribution is 2.28. The van der Waals surface area contributed by atoms with Crippen molar-refractivity contribution in [2.75, 3.05) is 27.2 Å². The van der Waals surface area contributed by atoms with Crippen molar-refractivity contribution >= 4 is 33.2 Å². The molecule has 2 N–H and O–H groups in total. The maximum Gasteiger partial charge on any atom is 0.243 e. The second kappa shape index (κ2) is 6.60. The van der Waals surface area contributed by atoms with E-state index in [1.165, 1.54) is 12.1 Å². The zero-order valence-electron chi connectivity index (χ0n) is 11.5. The first-order valence-electron chi connectivity index (χ1n) is 5.86. The summed E-state index contributed by atoms with van der Waals surface area (Å²) < 4.78 is 26.7. The van der Waals surface area contributed by atoms with Gasteiger partial charge in [-0.05, 0) is 33.2 Å². The van der Waals surface area contributed by atoms with Gasteiger partial charge in [-0.1, -0.05) is 29.3 Å². The van der Waals surface area contributed by atoms with Crippen LogP contribution in [0.1, 0.15) is 6.92 Å². The fourth-order valence-electron chi connectivity index (χ4n) is 1.80. The Kier molecular flexibility index (Phi) is 5.83. The van der Waals surface area contributed by atoms with Gasteiger partial charge in [0, 0.05) is 13.1 Å². The van der Waals surface area contributed by atoms with Crippen LogP contribution < -0.4 is 4.72 Å². The van der Waals surface area contributed by atoms with E-state index in [-0.39, 0.29) is 21.5 Å². The number of hydrogen-bond acceptors (Lipinski definition) is 4. The van der Waals surface area contributed by atoms with E-state index in [9.17, 15) is 13.5 Å². The highest BCUT2D eigenvalue weighted by molar-refractivity contribution is 7.89. The van der Waals surface area contributed by atoms with E-state index in [0.29, 0.717) is 6.54 Å². The molecule has 1 unspecified atom stereocenters. The number of likely N-dealkylation sites (N-methyl/N-ethyl adjacent to an activating group) is 1. The van der Waals surface area contributed by atoms with Crippen molar-refractivity contribution < 1.29 is 13.5 Å². The lowest BCUT2D eigenvalue weighted by molar-refractivity contribution is 0.0386. The zero-order chi connectivity index (χ0) is 15.6. The summed E-state index contributed by atoms with van der Waals surface area (Å²) in [6, 6.07) is 4.45. The predicted molar refractivity (Wildman–Crippen MR) is 80.8 cm³/mol. The Balaban J connectivity index is 2.92. The Labute approximate surface area is 129 Å². The van der Waals surface area contributed by atoms with Crippen LogP contribution in [-0.2, 0) is 10.0 Å². The van der Waals surface area contributed by atoms with Crippen molar-refractivity contribution in [1.29, 1.82) is 0 Å². The number of benzene rings is 1. The number of halogens is 2. The molecule has 1 aromatic carbocycles. The van der Waals surface area contributed by atoms with E-state index in [0.717, 1.165) is 0 Å². The quantitative estimate of drug-likeness (QED) is 0.824. The van der Waals surface area contributed by atoms with E-state index < -0.39 is 15.6 Å². The first-order valence-corrected chi connectivity index (χ1v) is 8.10. The summed E-state index contributed by atoms with van der Waals surface area (Å²) in [5, 5.41) is 10.2. The van der Waals surface area contributed by atoms with Crippen LogP contribution in [0.15, 0.2) is 23.1 Å². The van der Waals surface area contributed by atoms with Crippen molar-refractivity contribution in [3.05, 3.63) is 28.2 Å². The summed E-state index contributed by atoms with van der Waals surface area (Å²) in [6.07, 6.45) is 0. The van der Waals surface area contributed by atoms with Crippen molar-refractivity contribution in [3.8, 4) is 0 Å². The molecule has 0 aromatic heterocycles. The van der Waals surface area contributed by atoms with Gasteiger partial charge in [0.25, 0.3) is 0 Å². The first-order chi connectivity index (χ1) is 9.05. The van der Waals surface area contributed by atoms with Gasteiger partial charge in [0.2, 0.25) is 10.0 Å². The minimum absolute atomic E-state index is 0.0391. The van der Waals surface area contributed by atoms with Crippen LogP contribution in [0.25, 0.3) is 0 Å². The molecule has 5 nitrogen and oxygen atoms in total. The first kappa shape index (κ1) is 17.7. The fraction of sp³-hybridized carbons (Fsp3) is 0.500. The maximum absolute atomic E-state index is 12.2. The van der Waals surface area contributed by atoms with Crippen molar-refractivity contribution in [1.82, 2.24) is 9.62 Å². The van der Waals surface area contributed by atoms with Crippen molar-refractivity contribution in [3.63, 3.8) is 0 Å². The van der Waals surface area contributed by atoms with Gasteiger partial charge in [-0.2, -0.15) is 0 Å². The van der Waals surface area contributed by atoms with Crippen molar-refractivity contribution in [2.24, 2.45) is 0 Å². The number of aliphatic hydroxyl groups is 1. The summed E-state index contributed by atoms with van der Waals surface area (Å²) >= 11 is 11.7. The van der Waals surface area contributed by atoms with E-state index in [1.54, 1.807) is 32.0 Å². The van der Waals surface area contributed by atoms with Crippen LogP contribution in [0.3, 0.4) is 0 Å². The molecule has 0 fully saturated rings. The number of rotatable bonds is 6. The smallest absolute Gasteiger partial charge is 0.243 e. The van der Waals surface area contributed by atoms with Gasteiger partial charge in [0.15, 0.2) is 0 Å². The second-order valence-electron chi connectivity index (χ2n) is 5.11. The lowest BCUT2D eigenvalue weighted by atomic mass is 10.1. The van der Waals surface area contributed by atoms with Gasteiger partial charge < -0.3 is 10.0 Å². The van der Waals surface area contributed by atoms with Crippen molar-refractivity contribution in [2.45, 2.75) is 17.4 Å². The molecule has 0 bridgehead atoms.